The number of carbonyl (C=O) groups excluding carboxylic acids is 2. The summed E-state index contributed by atoms with van der Waals surface area (Å²) in [4.78, 5) is 24.4. The number of amides is 1. The van der Waals surface area contributed by atoms with E-state index < -0.39 is 11.7 Å². The zero-order valence-electron chi connectivity index (χ0n) is 16.3. The van der Waals surface area contributed by atoms with Gasteiger partial charge in [-0.2, -0.15) is 0 Å². The standard InChI is InChI=1S/C22H24N2O4/c1-22(2,3)28-21(26)24-12-11-17-13-18(9-10-19(17)24)23-20(25)15-27-14-16-7-5-4-6-8-16/h4-13H,14-15H2,1-3H3,(H,23,25). The number of nitrogens with zero attached hydrogens (tertiary/aromatic N) is 1. The van der Waals surface area contributed by atoms with Crippen LogP contribution in [-0.2, 0) is 20.9 Å². The number of rotatable bonds is 5. The largest absolute Gasteiger partial charge is 0.443 e. The van der Waals surface area contributed by atoms with E-state index in [0.717, 1.165) is 10.9 Å². The molecule has 3 aromatic rings. The minimum Gasteiger partial charge on any atom is -0.443 e. The molecular formula is C22H24N2O4. The maximum Gasteiger partial charge on any atom is 0.418 e. The number of aromatic nitrogens is 1. The van der Waals surface area contributed by atoms with Crippen LogP contribution < -0.4 is 5.32 Å². The second-order valence-corrected chi connectivity index (χ2v) is 7.47. The van der Waals surface area contributed by atoms with E-state index in [9.17, 15) is 9.59 Å². The molecule has 6 heteroatoms. The lowest BCUT2D eigenvalue weighted by Gasteiger charge is -2.19. The number of hydrogen-bond acceptors (Lipinski definition) is 4. The molecule has 28 heavy (non-hydrogen) atoms. The van der Waals surface area contributed by atoms with E-state index in [1.165, 1.54) is 4.57 Å². The minimum absolute atomic E-state index is 0.0359. The van der Waals surface area contributed by atoms with Crippen LogP contribution in [0.1, 0.15) is 26.3 Å². The Bertz CT molecular complexity index is 971. The van der Waals surface area contributed by atoms with Gasteiger partial charge in [0.05, 0.1) is 12.1 Å². The lowest BCUT2D eigenvalue weighted by atomic mass is 10.2. The maximum atomic E-state index is 12.3. The van der Waals surface area contributed by atoms with E-state index in [4.69, 9.17) is 9.47 Å². The third-order valence-corrected chi connectivity index (χ3v) is 3.91. The highest BCUT2D eigenvalue weighted by Crippen LogP contribution is 2.22. The molecule has 0 atom stereocenters. The molecule has 0 fully saturated rings. The number of fused-ring (bicyclic) bond motifs is 1. The van der Waals surface area contributed by atoms with Gasteiger partial charge in [0.2, 0.25) is 5.91 Å². The molecular weight excluding hydrogens is 356 g/mol. The van der Waals surface area contributed by atoms with Crippen LogP contribution >= 0.6 is 0 Å². The van der Waals surface area contributed by atoms with Gasteiger partial charge >= 0.3 is 6.09 Å². The van der Waals surface area contributed by atoms with E-state index in [0.29, 0.717) is 17.8 Å². The minimum atomic E-state index is -0.568. The first-order valence-corrected chi connectivity index (χ1v) is 9.08. The summed E-state index contributed by atoms with van der Waals surface area (Å²) in [6.07, 6.45) is 1.22. The molecule has 0 radical (unpaired) electrons. The molecule has 0 unspecified atom stereocenters. The molecule has 6 nitrogen and oxygen atoms in total. The Hall–Kier alpha value is -3.12. The highest BCUT2D eigenvalue weighted by atomic mass is 16.6. The highest BCUT2D eigenvalue weighted by Gasteiger charge is 2.19. The van der Waals surface area contributed by atoms with Gasteiger partial charge in [-0.15, -0.1) is 0 Å². The average Bonchev–Trinajstić information content (AvgIpc) is 3.04. The van der Waals surface area contributed by atoms with Gasteiger partial charge in [0.25, 0.3) is 0 Å². The van der Waals surface area contributed by atoms with Gasteiger partial charge in [0, 0.05) is 17.3 Å². The molecule has 0 saturated carbocycles. The summed E-state index contributed by atoms with van der Waals surface area (Å²) < 4.78 is 12.3. The van der Waals surface area contributed by atoms with Gasteiger partial charge < -0.3 is 14.8 Å². The Morgan fingerprint density at radius 3 is 2.50 bits per heavy atom. The number of ether oxygens (including phenoxy) is 2. The molecule has 0 spiro atoms. The van der Waals surface area contributed by atoms with Crippen LogP contribution in [0.2, 0.25) is 0 Å². The van der Waals surface area contributed by atoms with Crippen LogP contribution in [0.15, 0.2) is 60.8 Å². The summed E-state index contributed by atoms with van der Waals surface area (Å²) >= 11 is 0. The second-order valence-electron chi connectivity index (χ2n) is 7.47. The third kappa shape index (κ3) is 5.20. The molecule has 0 aliphatic rings. The summed E-state index contributed by atoms with van der Waals surface area (Å²) in [5, 5.41) is 3.64. The lowest BCUT2D eigenvalue weighted by Crippen LogP contribution is -2.26. The van der Waals surface area contributed by atoms with E-state index in [1.54, 1.807) is 24.4 Å². The normalized spacial score (nSPS) is 11.4. The molecule has 0 aliphatic carbocycles. The molecule has 1 aromatic heterocycles. The Morgan fingerprint density at radius 2 is 1.79 bits per heavy atom. The molecule has 0 saturated heterocycles. The molecule has 3 rings (SSSR count). The summed E-state index contributed by atoms with van der Waals surface area (Å²) in [6.45, 7) is 5.82. The van der Waals surface area contributed by atoms with Crippen molar-refractivity contribution in [2.24, 2.45) is 0 Å². The molecule has 0 bridgehead atoms. The summed E-state index contributed by atoms with van der Waals surface area (Å²) in [5.41, 5.74) is 1.80. The first kappa shape index (κ1) is 19.6. The highest BCUT2D eigenvalue weighted by molar-refractivity contribution is 5.96. The molecule has 1 heterocycles. The Labute approximate surface area is 164 Å². The topological polar surface area (TPSA) is 69.6 Å². The predicted molar refractivity (Wildman–Crippen MR) is 108 cm³/mol. The number of carbonyl (C=O) groups is 2. The van der Waals surface area contributed by atoms with Gasteiger partial charge in [0.15, 0.2) is 0 Å². The molecule has 146 valence electrons. The fraction of sp³-hybridized carbons (Fsp3) is 0.273. The average molecular weight is 380 g/mol. The zero-order valence-corrected chi connectivity index (χ0v) is 16.3. The van der Waals surface area contributed by atoms with Crippen molar-refractivity contribution in [3.8, 4) is 0 Å². The van der Waals surface area contributed by atoms with E-state index in [-0.39, 0.29) is 12.5 Å². The Kier molecular flexibility index (Phi) is 5.80. The van der Waals surface area contributed by atoms with Crippen molar-refractivity contribution in [3.05, 3.63) is 66.4 Å². The van der Waals surface area contributed by atoms with Crippen molar-refractivity contribution >= 4 is 28.6 Å². The predicted octanol–water partition coefficient (Wildman–Crippen LogP) is 4.58. The number of anilines is 1. The van der Waals surface area contributed by atoms with Gasteiger partial charge in [-0.25, -0.2) is 4.79 Å². The molecule has 0 aliphatic heterocycles. The van der Waals surface area contributed by atoms with Crippen LogP contribution in [0.5, 0.6) is 0 Å². The first-order valence-electron chi connectivity index (χ1n) is 9.08. The van der Waals surface area contributed by atoms with Crippen LogP contribution in [-0.4, -0.2) is 28.8 Å². The van der Waals surface area contributed by atoms with Crippen molar-refractivity contribution in [1.29, 1.82) is 0 Å². The number of nitrogens with one attached hydrogen (secondary N) is 1. The zero-order chi connectivity index (χ0) is 20.1. The first-order chi connectivity index (χ1) is 13.3. The number of benzene rings is 2. The maximum absolute atomic E-state index is 12.3. The van der Waals surface area contributed by atoms with Crippen molar-refractivity contribution in [2.45, 2.75) is 33.0 Å². The lowest BCUT2D eigenvalue weighted by molar-refractivity contribution is -0.121. The van der Waals surface area contributed by atoms with Gasteiger partial charge in [0.1, 0.15) is 12.2 Å². The van der Waals surface area contributed by atoms with Gasteiger partial charge in [-0.1, -0.05) is 30.3 Å². The SMILES string of the molecule is CC(C)(C)OC(=O)n1ccc2cc(NC(=O)COCc3ccccc3)ccc21. The smallest absolute Gasteiger partial charge is 0.418 e. The Morgan fingerprint density at radius 1 is 1.04 bits per heavy atom. The summed E-state index contributed by atoms with van der Waals surface area (Å²) in [5.74, 6) is -0.234. The Balaban J connectivity index is 1.60. The molecule has 2 aromatic carbocycles. The monoisotopic (exact) mass is 380 g/mol. The van der Waals surface area contributed by atoms with Crippen LogP contribution in [0, 0.1) is 0 Å². The van der Waals surface area contributed by atoms with Crippen molar-refractivity contribution < 1.29 is 19.1 Å². The second kappa shape index (κ2) is 8.27. The van der Waals surface area contributed by atoms with Crippen LogP contribution in [0.4, 0.5) is 10.5 Å². The molecule has 1 N–H and O–H groups in total. The summed E-state index contributed by atoms with van der Waals surface area (Å²) in [6, 6.07) is 16.8. The fourth-order valence-electron chi connectivity index (χ4n) is 2.72. The van der Waals surface area contributed by atoms with Crippen molar-refractivity contribution in [1.82, 2.24) is 4.57 Å². The van der Waals surface area contributed by atoms with E-state index >= 15 is 0 Å². The van der Waals surface area contributed by atoms with Crippen molar-refractivity contribution in [3.63, 3.8) is 0 Å². The molecule has 1 amide bonds. The van der Waals surface area contributed by atoms with Crippen LogP contribution in [0.25, 0.3) is 10.9 Å². The van der Waals surface area contributed by atoms with E-state index in [2.05, 4.69) is 5.32 Å². The fourth-order valence-corrected chi connectivity index (χ4v) is 2.72. The summed E-state index contributed by atoms with van der Waals surface area (Å²) in [7, 11) is 0. The van der Waals surface area contributed by atoms with Crippen molar-refractivity contribution in [2.75, 3.05) is 11.9 Å². The quantitative estimate of drug-likeness (QED) is 0.703. The van der Waals surface area contributed by atoms with Gasteiger partial charge in [-0.05, 0) is 50.6 Å². The third-order valence-electron chi connectivity index (χ3n) is 3.91. The number of hydrogen-bond donors (Lipinski definition) is 1. The van der Waals surface area contributed by atoms with E-state index in [1.807, 2.05) is 57.2 Å². The van der Waals surface area contributed by atoms with Crippen LogP contribution in [0.3, 0.4) is 0 Å². The van der Waals surface area contributed by atoms with Gasteiger partial charge in [-0.3, -0.25) is 9.36 Å².